The van der Waals surface area contributed by atoms with Gasteiger partial charge in [-0.15, -0.1) is 23.1 Å². The van der Waals surface area contributed by atoms with Gasteiger partial charge in [-0.25, -0.2) is 19.1 Å². The van der Waals surface area contributed by atoms with Crippen molar-refractivity contribution in [1.82, 2.24) is 29.8 Å². The summed E-state index contributed by atoms with van der Waals surface area (Å²) in [4.78, 5) is 64.8. The SMILES string of the molecule is C[n+]1cnn2c(SCC3=C(C(=O)O)N4C(=O)C(NC(=O)/C(=N\OC(C)(C)C(=O)O)c5csc(N)n5)C4SC3)nc(N)cc21. The third kappa shape index (κ3) is 5.67. The number of nitrogens with one attached hydrogen (secondary N) is 1. The van der Waals surface area contributed by atoms with E-state index >= 15 is 0 Å². The molecule has 5 heterocycles. The Kier molecular flexibility index (Phi) is 7.92. The second kappa shape index (κ2) is 11.3. The number of aliphatic carboxylic acids is 2. The predicted molar refractivity (Wildman–Crippen MR) is 155 cm³/mol. The average molecular weight is 650 g/mol. The summed E-state index contributed by atoms with van der Waals surface area (Å²) >= 11 is 3.52. The Balaban J connectivity index is 1.35. The van der Waals surface area contributed by atoms with Crippen LogP contribution in [0.1, 0.15) is 19.5 Å². The number of rotatable bonds is 10. The van der Waals surface area contributed by atoms with Crippen molar-refractivity contribution in [2.45, 2.75) is 36.0 Å². The Hall–Kier alpha value is -4.43. The molecule has 17 nitrogen and oxygen atoms in total. The number of oxime groups is 1. The Morgan fingerprint density at radius 1 is 1.30 bits per heavy atom. The lowest BCUT2D eigenvalue weighted by Gasteiger charge is -2.49. The number of hydrogen-bond acceptors (Lipinski definition) is 14. The van der Waals surface area contributed by atoms with Crippen molar-refractivity contribution in [2.75, 3.05) is 23.0 Å². The molecule has 7 N–H and O–H groups in total. The average Bonchev–Trinajstić information content (AvgIpc) is 3.54. The zero-order valence-electron chi connectivity index (χ0n) is 22.7. The summed E-state index contributed by atoms with van der Waals surface area (Å²) in [5, 5.41) is 31.2. The van der Waals surface area contributed by atoms with E-state index in [-0.39, 0.29) is 33.8 Å². The number of amides is 2. The molecule has 3 aromatic heterocycles. The zero-order valence-corrected chi connectivity index (χ0v) is 25.2. The van der Waals surface area contributed by atoms with Gasteiger partial charge in [0, 0.05) is 22.0 Å². The number of aryl methyl sites for hydroxylation is 1. The first-order chi connectivity index (χ1) is 20.3. The number of anilines is 2. The maximum atomic E-state index is 13.3. The number of thiazole rings is 1. The first kappa shape index (κ1) is 30.0. The van der Waals surface area contributed by atoms with Gasteiger partial charge in [0.2, 0.25) is 5.60 Å². The lowest BCUT2D eigenvalue weighted by molar-refractivity contribution is -0.646. The van der Waals surface area contributed by atoms with Gasteiger partial charge in [-0.2, -0.15) is 4.98 Å². The fourth-order valence-corrected chi connectivity index (χ4v) is 7.08. The molecule has 226 valence electrons. The standard InChI is InChI=1S/C23H24N10O7S3/c1-23(2,20(38)39)40-30-13(10-7-42-21(25)27-10)16(34)29-14-17(35)32-15(19(36)37)9(5-41-18(14)32)6-43-22-28-11(24)4-12-31(3)8-26-33(12)22/h4,7-8,14,18,24H,5-6H2,1-3H3,(H5,25,27,29,34,36,37,38,39)/p+1/b30-13-. The van der Waals surface area contributed by atoms with E-state index in [1.807, 2.05) is 0 Å². The molecular weight excluding hydrogens is 625 g/mol. The second-order valence-corrected chi connectivity index (χ2v) is 12.7. The van der Waals surface area contributed by atoms with Gasteiger partial charge in [-0.3, -0.25) is 14.5 Å². The predicted octanol–water partition coefficient (Wildman–Crippen LogP) is -0.710. The van der Waals surface area contributed by atoms with Gasteiger partial charge in [-0.05, 0) is 23.9 Å². The lowest BCUT2D eigenvalue weighted by atomic mass is 10.0. The molecule has 3 aromatic rings. The van der Waals surface area contributed by atoms with Crippen molar-refractivity contribution in [3.8, 4) is 0 Å². The van der Waals surface area contributed by atoms with Gasteiger partial charge < -0.3 is 31.8 Å². The van der Waals surface area contributed by atoms with Crippen molar-refractivity contribution >= 4 is 80.9 Å². The van der Waals surface area contributed by atoms with Crippen LogP contribution in [0.3, 0.4) is 0 Å². The molecule has 0 spiro atoms. The highest BCUT2D eigenvalue weighted by Crippen LogP contribution is 2.41. The molecule has 0 saturated carbocycles. The molecule has 2 aliphatic heterocycles. The monoisotopic (exact) mass is 649 g/mol. The number of carboxylic acids is 2. The number of fused-ring (bicyclic) bond motifs is 2. The quantitative estimate of drug-likeness (QED) is 0.0455. The first-order valence-electron chi connectivity index (χ1n) is 12.3. The number of aromatic nitrogens is 5. The van der Waals surface area contributed by atoms with Crippen LogP contribution in [-0.2, 0) is 31.1 Å². The normalized spacial score (nSPS) is 18.8. The Morgan fingerprint density at radius 3 is 2.70 bits per heavy atom. The highest BCUT2D eigenvalue weighted by atomic mass is 32.2. The van der Waals surface area contributed by atoms with Gasteiger partial charge in [0.25, 0.3) is 28.9 Å². The van der Waals surface area contributed by atoms with E-state index in [9.17, 15) is 29.4 Å². The molecule has 5 rings (SSSR count). The van der Waals surface area contributed by atoms with Crippen molar-refractivity contribution in [3.05, 3.63) is 34.7 Å². The summed E-state index contributed by atoms with van der Waals surface area (Å²) in [5.41, 5.74) is 10.5. The Morgan fingerprint density at radius 2 is 2.05 bits per heavy atom. The van der Waals surface area contributed by atoms with Crippen LogP contribution in [0.4, 0.5) is 10.9 Å². The molecule has 2 atom stereocenters. The van der Waals surface area contributed by atoms with Crippen LogP contribution in [0.2, 0.25) is 0 Å². The van der Waals surface area contributed by atoms with E-state index in [1.54, 1.807) is 28.5 Å². The smallest absolute Gasteiger partial charge is 0.352 e. The second-order valence-electron chi connectivity index (χ2n) is 9.80. The van der Waals surface area contributed by atoms with E-state index in [2.05, 4.69) is 25.5 Å². The number of thioether (sulfide) groups is 2. The van der Waals surface area contributed by atoms with E-state index in [0.717, 1.165) is 16.2 Å². The van der Waals surface area contributed by atoms with Crippen LogP contribution in [0.25, 0.3) is 5.65 Å². The molecule has 2 amide bonds. The minimum Gasteiger partial charge on any atom is -0.478 e. The van der Waals surface area contributed by atoms with Crippen LogP contribution in [-0.4, -0.2) is 92.7 Å². The number of nitrogens with zero attached hydrogens (tertiary/aromatic N) is 7. The molecule has 2 aliphatic rings. The molecule has 0 bridgehead atoms. The summed E-state index contributed by atoms with van der Waals surface area (Å²) in [7, 11) is 1.80. The van der Waals surface area contributed by atoms with Crippen molar-refractivity contribution < 1.29 is 38.8 Å². The number of nitrogens with two attached hydrogens (primary N) is 2. The van der Waals surface area contributed by atoms with Gasteiger partial charge in [0.15, 0.2) is 10.8 Å². The maximum Gasteiger partial charge on any atom is 0.352 e. The minimum absolute atomic E-state index is 0.0154. The molecule has 2 unspecified atom stereocenters. The van der Waals surface area contributed by atoms with E-state index in [0.29, 0.717) is 16.4 Å². The number of carbonyl (C=O) groups is 4. The maximum absolute atomic E-state index is 13.3. The minimum atomic E-state index is -1.77. The van der Waals surface area contributed by atoms with E-state index in [1.165, 1.54) is 42.8 Å². The van der Waals surface area contributed by atoms with Gasteiger partial charge >= 0.3 is 11.9 Å². The summed E-state index contributed by atoms with van der Waals surface area (Å²) in [6.45, 7) is 2.48. The van der Waals surface area contributed by atoms with Crippen LogP contribution in [0, 0.1) is 0 Å². The van der Waals surface area contributed by atoms with E-state index in [4.69, 9.17) is 16.3 Å². The number of hydrogen-bond donors (Lipinski definition) is 5. The number of β-lactam (4-membered cyclic amide) rings is 1. The Labute approximate surface area is 255 Å². The molecule has 0 aliphatic carbocycles. The van der Waals surface area contributed by atoms with Gasteiger partial charge in [-0.1, -0.05) is 16.9 Å². The summed E-state index contributed by atoms with van der Waals surface area (Å²) in [6, 6.07) is 0.570. The first-order valence-corrected chi connectivity index (χ1v) is 15.2. The highest BCUT2D eigenvalue weighted by Gasteiger charge is 2.54. The molecular formula is C23H25N10O7S3+. The molecule has 1 saturated heterocycles. The summed E-state index contributed by atoms with van der Waals surface area (Å²) < 4.78 is 3.34. The van der Waals surface area contributed by atoms with Crippen molar-refractivity contribution in [3.63, 3.8) is 0 Å². The molecule has 0 radical (unpaired) electrons. The van der Waals surface area contributed by atoms with Gasteiger partial charge in [0.05, 0.1) is 13.1 Å². The molecule has 0 aromatic carbocycles. The highest BCUT2D eigenvalue weighted by molar-refractivity contribution is 8.01. The largest absolute Gasteiger partial charge is 0.478 e. The van der Waals surface area contributed by atoms with Gasteiger partial charge in [0.1, 0.15) is 28.6 Å². The summed E-state index contributed by atoms with van der Waals surface area (Å²) in [6.07, 6.45) is 1.59. The van der Waals surface area contributed by atoms with Crippen LogP contribution >= 0.6 is 34.9 Å². The fourth-order valence-electron chi connectivity index (χ4n) is 4.08. The Bertz CT molecular complexity index is 1730. The summed E-state index contributed by atoms with van der Waals surface area (Å²) in [5.74, 6) is -3.42. The van der Waals surface area contributed by atoms with Crippen LogP contribution < -0.4 is 21.4 Å². The third-order valence-electron chi connectivity index (χ3n) is 6.37. The van der Waals surface area contributed by atoms with Crippen molar-refractivity contribution in [2.24, 2.45) is 12.2 Å². The topological polar surface area (TPSA) is 245 Å². The van der Waals surface area contributed by atoms with Crippen molar-refractivity contribution in [1.29, 1.82) is 0 Å². The van der Waals surface area contributed by atoms with E-state index < -0.39 is 46.5 Å². The zero-order chi connectivity index (χ0) is 31.2. The van der Waals surface area contributed by atoms with Crippen LogP contribution in [0.15, 0.2) is 39.4 Å². The molecule has 1 fully saturated rings. The van der Waals surface area contributed by atoms with Crippen LogP contribution in [0.5, 0.6) is 0 Å². The lowest BCUT2D eigenvalue weighted by Crippen LogP contribution is -2.71. The number of nitrogen functional groups attached to an aromatic ring is 2. The molecule has 43 heavy (non-hydrogen) atoms. The fraction of sp³-hybridized carbons (Fsp3) is 0.348. The molecule has 20 heteroatoms. The number of carbonyl (C=O) groups excluding carboxylic acids is 2. The number of carboxylic acid groups (broad SMARTS) is 2. The third-order valence-corrected chi connectivity index (χ3v) is 9.40.